The van der Waals surface area contributed by atoms with Gasteiger partial charge in [0.05, 0.1) is 31.9 Å². The number of rotatable bonds is 9. The maximum absolute atomic E-state index is 9.65. The van der Waals surface area contributed by atoms with E-state index >= 15 is 0 Å². The number of nitrogens with zero attached hydrogens (tertiary/aromatic N) is 3. The van der Waals surface area contributed by atoms with E-state index in [1.165, 1.54) is 6.21 Å². The van der Waals surface area contributed by atoms with Crippen molar-refractivity contribution in [3.05, 3.63) is 54.4 Å². The molecule has 0 bridgehead atoms. The van der Waals surface area contributed by atoms with Gasteiger partial charge in [0.25, 0.3) is 0 Å². The van der Waals surface area contributed by atoms with Gasteiger partial charge in [0.15, 0.2) is 0 Å². The Balaban J connectivity index is 2.09. The lowest BCUT2D eigenvalue weighted by molar-refractivity contribution is 0.305. The van der Waals surface area contributed by atoms with Crippen molar-refractivity contribution in [3.8, 4) is 11.5 Å². The quantitative estimate of drug-likeness (QED) is 0.469. The summed E-state index contributed by atoms with van der Waals surface area (Å²) in [6.07, 6.45) is 4.72. The molecule has 0 aliphatic heterocycles. The third-order valence-corrected chi connectivity index (χ3v) is 4.56. The predicted molar refractivity (Wildman–Crippen MR) is 119 cm³/mol. The molecule has 30 heavy (non-hydrogen) atoms. The number of aromatic nitrogens is 2. The van der Waals surface area contributed by atoms with Crippen LogP contribution in [0.25, 0.3) is 16.6 Å². The van der Waals surface area contributed by atoms with Gasteiger partial charge in [0.2, 0.25) is 0 Å². The van der Waals surface area contributed by atoms with E-state index in [0.29, 0.717) is 35.0 Å². The van der Waals surface area contributed by atoms with Gasteiger partial charge in [-0.1, -0.05) is 0 Å². The Morgan fingerprint density at radius 3 is 2.47 bits per heavy atom. The van der Waals surface area contributed by atoms with Crippen molar-refractivity contribution in [1.82, 2.24) is 15.3 Å². The van der Waals surface area contributed by atoms with Crippen molar-refractivity contribution in [2.45, 2.75) is 0 Å². The Morgan fingerprint density at radius 2 is 1.87 bits per heavy atom. The van der Waals surface area contributed by atoms with Crippen LogP contribution in [0.15, 0.2) is 48.8 Å². The lowest BCUT2D eigenvalue weighted by Gasteiger charge is -2.24. The molecule has 3 N–H and O–H groups in total. The smallest absolute Gasteiger partial charge is 0.133 e. The Labute approximate surface area is 175 Å². The minimum Gasteiger partial charge on any atom is -0.497 e. The third-order valence-electron chi connectivity index (χ3n) is 4.56. The fourth-order valence-corrected chi connectivity index (χ4v) is 3.09. The maximum atomic E-state index is 9.65. The fraction of sp³-hybridized carbons (Fsp3) is 0.227. The Kier molecular flexibility index (Phi) is 6.82. The highest BCUT2D eigenvalue weighted by Crippen LogP contribution is 2.32. The summed E-state index contributed by atoms with van der Waals surface area (Å²) in [7, 11) is 4.97. The van der Waals surface area contributed by atoms with Crippen molar-refractivity contribution in [2.75, 3.05) is 39.3 Å². The Bertz CT molecular complexity index is 1050. The molecule has 0 unspecified atom stereocenters. The summed E-state index contributed by atoms with van der Waals surface area (Å²) in [6, 6.07) is 11.1. The van der Waals surface area contributed by atoms with Gasteiger partial charge in [-0.15, -0.1) is 0 Å². The second-order valence-corrected chi connectivity index (χ2v) is 6.41. The van der Waals surface area contributed by atoms with E-state index in [-0.39, 0.29) is 6.61 Å². The molecule has 8 heteroatoms. The summed E-state index contributed by atoms with van der Waals surface area (Å²) in [5.41, 5.74) is 3.69. The Hall–Kier alpha value is -3.65. The van der Waals surface area contributed by atoms with Crippen LogP contribution in [0.2, 0.25) is 0 Å². The normalized spacial score (nSPS) is 11.3. The zero-order chi connectivity index (χ0) is 21.5. The van der Waals surface area contributed by atoms with Gasteiger partial charge >= 0.3 is 0 Å². The molecule has 0 aliphatic carbocycles. The van der Waals surface area contributed by atoms with Crippen molar-refractivity contribution in [1.29, 1.82) is 5.41 Å². The molecule has 8 nitrogen and oxygen atoms in total. The van der Waals surface area contributed by atoms with Crippen molar-refractivity contribution < 1.29 is 14.6 Å². The van der Waals surface area contributed by atoms with E-state index in [1.54, 1.807) is 39.7 Å². The molecule has 2 heterocycles. The number of hydrogen-bond acceptors (Lipinski definition) is 8. The van der Waals surface area contributed by atoms with Gasteiger partial charge in [-0.2, -0.15) is 0 Å². The van der Waals surface area contributed by atoms with Gasteiger partial charge in [-0.05, 0) is 18.2 Å². The first-order valence-electron chi connectivity index (χ1n) is 9.40. The van der Waals surface area contributed by atoms with Crippen LogP contribution < -0.4 is 19.7 Å². The number of pyridine rings is 2. The molecule has 0 saturated carbocycles. The molecule has 0 saturated heterocycles. The zero-order valence-electron chi connectivity index (χ0n) is 17.2. The number of anilines is 2. The number of nitrogens with one attached hydrogen (secondary N) is 2. The number of aliphatic hydroxyl groups excluding tert-OH is 1. The van der Waals surface area contributed by atoms with Crippen LogP contribution >= 0.6 is 0 Å². The number of ether oxygens (including phenoxy) is 2. The first-order chi connectivity index (χ1) is 14.6. The van der Waals surface area contributed by atoms with E-state index in [1.807, 2.05) is 35.2 Å². The largest absolute Gasteiger partial charge is 0.497 e. The second kappa shape index (κ2) is 9.71. The monoisotopic (exact) mass is 407 g/mol. The molecule has 2 aromatic heterocycles. The summed E-state index contributed by atoms with van der Waals surface area (Å²) < 4.78 is 10.8. The topological polar surface area (TPSA) is 104 Å². The highest BCUT2D eigenvalue weighted by Gasteiger charge is 2.14. The zero-order valence-corrected chi connectivity index (χ0v) is 17.2. The van der Waals surface area contributed by atoms with Crippen molar-refractivity contribution >= 4 is 34.3 Å². The average molecular weight is 407 g/mol. The van der Waals surface area contributed by atoms with E-state index in [9.17, 15) is 5.11 Å². The van der Waals surface area contributed by atoms with Crippen LogP contribution in [-0.2, 0) is 0 Å². The second-order valence-electron chi connectivity index (χ2n) is 6.41. The molecular formula is C22H25N5O3. The number of hydrogen-bond donors (Lipinski definition) is 3. The third kappa shape index (κ3) is 4.49. The summed E-state index contributed by atoms with van der Waals surface area (Å²) in [5, 5.41) is 20.2. The molecule has 3 aromatic rings. The minimum atomic E-state index is -0.0552. The highest BCUT2D eigenvalue weighted by atomic mass is 16.5. The van der Waals surface area contributed by atoms with E-state index in [4.69, 9.17) is 19.9 Å². The SMILES string of the molecule is CN/C=C(\C=N)c1cnc2ccc(N(CCO)c3cc(OC)cc(OC)c3)nc2c1. The first-order valence-corrected chi connectivity index (χ1v) is 9.40. The first kappa shape index (κ1) is 21.1. The highest BCUT2D eigenvalue weighted by molar-refractivity contribution is 6.08. The van der Waals surface area contributed by atoms with Crippen LogP contribution in [0, 0.1) is 5.41 Å². The molecule has 0 radical (unpaired) electrons. The average Bonchev–Trinajstić information content (AvgIpc) is 2.79. The molecule has 1 aromatic carbocycles. The number of allylic oxidation sites excluding steroid dienone is 1. The lowest BCUT2D eigenvalue weighted by atomic mass is 10.1. The van der Waals surface area contributed by atoms with E-state index in [0.717, 1.165) is 16.8 Å². The predicted octanol–water partition coefficient (Wildman–Crippen LogP) is 2.99. The maximum Gasteiger partial charge on any atom is 0.133 e. The Morgan fingerprint density at radius 1 is 1.13 bits per heavy atom. The minimum absolute atomic E-state index is 0.0552. The molecule has 3 rings (SSSR count). The van der Waals surface area contributed by atoms with Gasteiger partial charge in [0.1, 0.15) is 17.3 Å². The summed E-state index contributed by atoms with van der Waals surface area (Å²) in [6.45, 7) is 0.285. The van der Waals surface area contributed by atoms with Gasteiger partial charge in [-0.3, -0.25) is 4.98 Å². The van der Waals surface area contributed by atoms with Crippen molar-refractivity contribution in [3.63, 3.8) is 0 Å². The van der Waals surface area contributed by atoms with Gasteiger partial charge < -0.3 is 30.2 Å². The number of aliphatic hydroxyl groups is 1. The van der Waals surface area contributed by atoms with Crippen LogP contribution in [0.4, 0.5) is 11.5 Å². The lowest BCUT2D eigenvalue weighted by Crippen LogP contribution is -2.22. The molecule has 0 aliphatic rings. The molecule has 0 spiro atoms. The van der Waals surface area contributed by atoms with Crippen LogP contribution in [0.1, 0.15) is 5.56 Å². The van der Waals surface area contributed by atoms with Crippen LogP contribution in [0.3, 0.4) is 0 Å². The number of benzene rings is 1. The molecular weight excluding hydrogens is 382 g/mol. The van der Waals surface area contributed by atoms with Gasteiger partial charge in [0, 0.05) is 67.2 Å². The molecule has 0 atom stereocenters. The van der Waals surface area contributed by atoms with Crippen LogP contribution in [-0.4, -0.2) is 55.7 Å². The summed E-state index contributed by atoms with van der Waals surface area (Å²) in [4.78, 5) is 11.1. The van der Waals surface area contributed by atoms with Gasteiger partial charge in [-0.25, -0.2) is 4.98 Å². The number of methoxy groups -OCH3 is 2. The number of fused-ring (bicyclic) bond motifs is 1. The van der Waals surface area contributed by atoms with E-state index < -0.39 is 0 Å². The standard InChI is InChI=1S/C22H25N5O3/c1-24-13-16(12-23)15-8-21-20(25-14-15)4-5-22(26-21)27(6-7-28)17-9-18(29-2)11-19(10-17)30-3/h4-5,8-14,23-24,28H,6-7H2,1-3H3/b16-13+,23-12?. The fourth-order valence-electron chi connectivity index (χ4n) is 3.09. The van der Waals surface area contributed by atoms with Crippen molar-refractivity contribution in [2.24, 2.45) is 0 Å². The summed E-state index contributed by atoms with van der Waals surface area (Å²) in [5.74, 6) is 1.94. The molecule has 0 amide bonds. The molecule has 0 fully saturated rings. The van der Waals surface area contributed by atoms with E-state index in [2.05, 4.69) is 10.3 Å². The molecule has 156 valence electrons. The van der Waals surface area contributed by atoms with Crippen LogP contribution in [0.5, 0.6) is 11.5 Å². The summed E-state index contributed by atoms with van der Waals surface area (Å²) >= 11 is 0.